The molecule has 1 saturated carbocycles. The summed E-state index contributed by atoms with van der Waals surface area (Å²) >= 11 is 1.49. The van der Waals surface area contributed by atoms with Gasteiger partial charge in [-0.25, -0.2) is 0 Å². The van der Waals surface area contributed by atoms with Crippen molar-refractivity contribution in [2.24, 2.45) is 0 Å². The number of hydrogen-bond acceptors (Lipinski definition) is 5. The molecule has 0 saturated heterocycles. The minimum Gasteiger partial charge on any atom is -0.298 e. The number of carbonyl (C=O) groups is 1. The molecule has 2 aromatic heterocycles. The molecule has 1 aromatic carbocycles. The smallest absolute Gasteiger partial charge is 0.262 e. The topological polar surface area (TPSA) is 69.3 Å². The second kappa shape index (κ2) is 7.23. The highest BCUT2D eigenvalue weighted by Crippen LogP contribution is 2.31. The third-order valence-corrected chi connectivity index (χ3v) is 6.22. The van der Waals surface area contributed by atoms with Gasteiger partial charge in [0.05, 0.1) is 16.2 Å². The number of aromatic nitrogens is 4. The number of ketones is 1. The third kappa shape index (κ3) is 2.94. The van der Waals surface area contributed by atoms with Crippen molar-refractivity contribution >= 4 is 34.2 Å². The number of nitrogens with zero attached hydrogens (tertiary/aromatic N) is 4. The number of carbonyl (C=O) groups excluding carboxylic acids is 1. The first-order chi connectivity index (χ1) is 12.7. The average molecular weight is 370 g/mol. The van der Waals surface area contributed by atoms with Crippen LogP contribution in [0.4, 0.5) is 0 Å². The van der Waals surface area contributed by atoms with Crippen LogP contribution >= 0.6 is 11.8 Å². The third-order valence-electron chi connectivity index (χ3n) is 4.96. The van der Waals surface area contributed by atoms with E-state index < -0.39 is 0 Å². The Bertz CT molecular complexity index is 1020. The van der Waals surface area contributed by atoms with Gasteiger partial charge in [0.1, 0.15) is 5.78 Å². The van der Waals surface area contributed by atoms with E-state index in [2.05, 4.69) is 17.1 Å². The SMILES string of the molecule is CCCCn1c(=O)c2ccccc2n2c(SC3CCCCC3=O)nnc12. The van der Waals surface area contributed by atoms with Crippen LogP contribution < -0.4 is 5.56 Å². The van der Waals surface area contributed by atoms with E-state index in [-0.39, 0.29) is 10.8 Å². The van der Waals surface area contributed by atoms with Crippen molar-refractivity contribution in [2.45, 2.75) is 62.4 Å². The Labute approximate surface area is 155 Å². The Kier molecular flexibility index (Phi) is 4.80. The van der Waals surface area contributed by atoms with Crippen LogP contribution in [0.1, 0.15) is 45.4 Å². The molecule has 0 radical (unpaired) electrons. The Morgan fingerprint density at radius 3 is 2.85 bits per heavy atom. The van der Waals surface area contributed by atoms with E-state index in [0.29, 0.717) is 35.1 Å². The number of Topliss-reactive ketones (excluding diaryl/α,β-unsaturated/α-hetero) is 1. The Balaban J connectivity index is 1.88. The van der Waals surface area contributed by atoms with E-state index in [1.54, 1.807) is 4.57 Å². The highest BCUT2D eigenvalue weighted by molar-refractivity contribution is 8.00. The summed E-state index contributed by atoms with van der Waals surface area (Å²) in [5, 5.41) is 9.96. The van der Waals surface area contributed by atoms with E-state index in [0.717, 1.165) is 37.6 Å². The predicted molar refractivity (Wildman–Crippen MR) is 103 cm³/mol. The maximum Gasteiger partial charge on any atom is 0.262 e. The van der Waals surface area contributed by atoms with Crippen LogP contribution in [0.2, 0.25) is 0 Å². The van der Waals surface area contributed by atoms with Crippen molar-refractivity contribution < 1.29 is 4.79 Å². The first kappa shape index (κ1) is 17.3. The van der Waals surface area contributed by atoms with Crippen molar-refractivity contribution in [1.82, 2.24) is 19.2 Å². The van der Waals surface area contributed by atoms with Gasteiger partial charge in [0, 0.05) is 13.0 Å². The van der Waals surface area contributed by atoms with Crippen LogP contribution in [-0.2, 0) is 11.3 Å². The summed E-state index contributed by atoms with van der Waals surface area (Å²) < 4.78 is 3.66. The number of hydrogen-bond donors (Lipinski definition) is 0. The van der Waals surface area contributed by atoms with Crippen LogP contribution in [0, 0.1) is 0 Å². The summed E-state index contributed by atoms with van der Waals surface area (Å²) in [5.74, 6) is 0.856. The minimum absolute atomic E-state index is 0.0285. The van der Waals surface area contributed by atoms with E-state index in [9.17, 15) is 9.59 Å². The van der Waals surface area contributed by atoms with Crippen LogP contribution in [0.3, 0.4) is 0 Å². The Morgan fingerprint density at radius 1 is 1.19 bits per heavy atom. The molecule has 1 aliphatic rings. The molecule has 1 aliphatic carbocycles. The second-order valence-corrected chi connectivity index (χ2v) is 7.93. The number of rotatable bonds is 5. The molecule has 0 aliphatic heterocycles. The number of para-hydroxylation sites is 1. The Morgan fingerprint density at radius 2 is 2.04 bits per heavy atom. The fourth-order valence-electron chi connectivity index (χ4n) is 3.53. The van der Waals surface area contributed by atoms with Gasteiger partial charge in [-0.1, -0.05) is 43.7 Å². The largest absolute Gasteiger partial charge is 0.298 e. The van der Waals surface area contributed by atoms with Gasteiger partial charge in [-0.2, -0.15) is 0 Å². The summed E-state index contributed by atoms with van der Waals surface area (Å²) in [6.45, 7) is 2.72. The number of benzene rings is 1. The molecule has 2 heterocycles. The number of fused-ring (bicyclic) bond motifs is 3. The molecular weight excluding hydrogens is 348 g/mol. The predicted octanol–water partition coefficient (Wildman–Crippen LogP) is 3.45. The first-order valence-corrected chi connectivity index (χ1v) is 10.1. The highest BCUT2D eigenvalue weighted by Gasteiger charge is 2.26. The molecule has 4 rings (SSSR count). The van der Waals surface area contributed by atoms with Gasteiger partial charge < -0.3 is 0 Å². The van der Waals surface area contributed by atoms with Crippen LogP contribution in [0.25, 0.3) is 16.7 Å². The van der Waals surface area contributed by atoms with E-state index in [1.807, 2.05) is 28.7 Å². The molecule has 3 aromatic rings. The van der Waals surface area contributed by atoms with E-state index in [4.69, 9.17) is 0 Å². The lowest BCUT2D eigenvalue weighted by atomic mass is 9.99. The zero-order valence-electron chi connectivity index (χ0n) is 14.9. The summed E-state index contributed by atoms with van der Waals surface area (Å²) in [7, 11) is 0. The number of aryl methyl sites for hydroxylation is 1. The molecule has 0 bridgehead atoms. The van der Waals surface area contributed by atoms with E-state index >= 15 is 0 Å². The lowest BCUT2D eigenvalue weighted by Gasteiger charge is -2.19. The highest BCUT2D eigenvalue weighted by atomic mass is 32.2. The zero-order chi connectivity index (χ0) is 18.1. The van der Waals surface area contributed by atoms with Gasteiger partial charge in [-0.15, -0.1) is 10.2 Å². The van der Waals surface area contributed by atoms with Crippen molar-refractivity contribution in [2.75, 3.05) is 0 Å². The molecule has 0 N–H and O–H groups in total. The van der Waals surface area contributed by atoms with Crippen LogP contribution in [-0.4, -0.2) is 30.2 Å². The monoisotopic (exact) mass is 370 g/mol. The number of unbranched alkanes of at least 4 members (excludes halogenated alkanes) is 1. The fourth-order valence-corrected chi connectivity index (χ4v) is 4.69. The van der Waals surface area contributed by atoms with Gasteiger partial charge in [0.2, 0.25) is 5.78 Å². The van der Waals surface area contributed by atoms with Gasteiger partial charge in [-0.05, 0) is 31.4 Å². The molecule has 0 amide bonds. The van der Waals surface area contributed by atoms with Gasteiger partial charge in [0.15, 0.2) is 5.16 Å². The molecular formula is C19H22N4O2S. The summed E-state index contributed by atoms with van der Waals surface area (Å²) in [6.07, 6.45) is 5.49. The van der Waals surface area contributed by atoms with Crippen molar-refractivity contribution in [3.8, 4) is 0 Å². The van der Waals surface area contributed by atoms with Gasteiger partial charge in [0.25, 0.3) is 5.56 Å². The van der Waals surface area contributed by atoms with Crippen molar-refractivity contribution in [3.63, 3.8) is 0 Å². The van der Waals surface area contributed by atoms with Crippen molar-refractivity contribution in [3.05, 3.63) is 34.6 Å². The molecule has 136 valence electrons. The summed E-state index contributed by atoms with van der Waals surface area (Å²) in [6, 6.07) is 7.56. The van der Waals surface area contributed by atoms with Crippen LogP contribution in [0.5, 0.6) is 0 Å². The molecule has 6 nitrogen and oxygen atoms in total. The minimum atomic E-state index is -0.0640. The quantitative estimate of drug-likeness (QED) is 0.688. The lowest BCUT2D eigenvalue weighted by molar-refractivity contribution is -0.119. The fraction of sp³-hybridized carbons (Fsp3) is 0.474. The summed E-state index contributed by atoms with van der Waals surface area (Å²) in [4.78, 5) is 25.2. The molecule has 1 atom stereocenters. The maximum atomic E-state index is 12.9. The van der Waals surface area contributed by atoms with E-state index in [1.165, 1.54) is 11.8 Å². The first-order valence-electron chi connectivity index (χ1n) is 9.26. The molecule has 26 heavy (non-hydrogen) atoms. The maximum absolute atomic E-state index is 12.9. The molecule has 1 unspecified atom stereocenters. The molecule has 7 heteroatoms. The standard InChI is InChI=1S/C19H22N4O2S/c1-2-3-12-22-17(25)13-8-4-5-9-14(13)23-18(22)20-21-19(23)26-16-11-7-6-10-15(16)24/h4-5,8-9,16H,2-3,6-7,10-12H2,1H3. The Hall–Kier alpha value is -2.15. The van der Waals surface area contributed by atoms with Crippen molar-refractivity contribution in [1.29, 1.82) is 0 Å². The normalized spacial score (nSPS) is 18.0. The number of thioether (sulfide) groups is 1. The zero-order valence-corrected chi connectivity index (χ0v) is 15.7. The lowest BCUT2D eigenvalue weighted by Crippen LogP contribution is -2.24. The van der Waals surface area contributed by atoms with Gasteiger partial charge >= 0.3 is 0 Å². The summed E-state index contributed by atoms with van der Waals surface area (Å²) in [5.41, 5.74) is 0.773. The molecule has 0 spiro atoms. The van der Waals surface area contributed by atoms with Crippen LogP contribution in [0.15, 0.2) is 34.2 Å². The molecule has 1 fully saturated rings. The average Bonchev–Trinajstić information content (AvgIpc) is 3.07. The second-order valence-electron chi connectivity index (χ2n) is 6.76. The van der Waals surface area contributed by atoms with Gasteiger partial charge in [-0.3, -0.25) is 18.6 Å².